The first-order valence-electron chi connectivity index (χ1n) is 7.10. The lowest BCUT2D eigenvalue weighted by Crippen LogP contribution is -2.39. The summed E-state index contributed by atoms with van der Waals surface area (Å²) in [6, 6.07) is 3.88. The van der Waals surface area contributed by atoms with E-state index >= 15 is 0 Å². The van der Waals surface area contributed by atoms with Crippen LogP contribution in [0.1, 0.15) is 12.7 Å². The lowest BCUT2D eigenvalue weighted by Gasteiger charge is -2.12. The van der Waals surface area contributed by atoms with Gasteiger partial charge in [-0.1, -0.05) is 18.2 Å². The predicted octanol–water partition coefficient (Wildman–Crippen LogP) is 3.47. The van der Waals surface area contributed by atoms with Gasteiger partial charge >= 0.3 is 0 Å². The molecule has 0 aliphatic heterocycles. The van der Waals surface area contributed by atoms with Gasteiger partial charge in [0.2, 0.25) is 0 Å². The summed E-state index contributed by atoms with van der Waals surface area (Å²) in [5, 5.41) is 6.64. The standard InChI is InChI=1S/C16H25N3OS.HI/c1-4-11-21-12-9-18-16(19-13-14(2)3)17-8-7-15-6-5-10-20-15;/h4-6,10H,1-2,7-9,11-13H2,3H3,(H2,17,18,19);1H. The van der Waals surface area contributed by atoms with E-state index in [0.717, 1.165) is 48.3 Å². The Morgan fingerprint density at radius 3 is 2.82 bits per heavy atom. The number of aliphatic imine (C=N–C) groups is 1. The van der Waals surface area contributed by atoms with Crippen LogP contribution in [-0.4, -0.2) is 37.1 Å². The minimum atomic E-state index is 0. The molecule has 0 fully saturated rings. The normalized spacial score (nSPS) is 10.7. The average molecular weight is 435 g/mol. The zero-order chi connectivity index (χ0) is 15.3. The Morgan fingerprint density at radius 2 is 2.18 bits per heavy atom. The second-order valence-corrected chi connectivity index (χ2v) is 5.82. The minimum Gasteiger partial charge on any atom is -0.469 e. The summed E-state index contributed by atoms with van der Waals surface area (Å²) in [6.07, 6.45) is 4.45. The van der Waals surface area contributed by atoms with Crippen molar-refractivity contribution in [2.45, 2.75) is 13.3 Å². The summed E-state index contributed by atoms with van der Waals surface area (Å²) in [4.78, 5) is 4.49. The molecule has 0 unspecified atom stereocenters. The van der Waals surface area contributed by atoms with E-state index in [4.69, 9.17) is 4.42 Å². The summed E-state index contributed by atoms with van der Waals surface area (Å²) in [6.45, 7) is 11.9. The number of hydrogen-bond donors (Lipinski definition) is 2. The van der Waals surface area contributed by atoms with Crippen molar-refractivity contribution in [3.05, 3.63) is 49.0 Å². The van der Waals surface area contributed by atoms with E-state index in [1.165, 1.54) is 0 Å². The van der Waals surface area contributed by atoms with Crippen molar-refractivity contribution in [3.63, 3.8) is 0 Å². The fourth-order valence-electron chi connectivity index (χ4n) is 1.56. The van der Waals surface area contributed by atoms with E-state index in [0.29, 0.717) is 6.54 Å². The molecular formula is C16H26IN3OS. The number of thioether (sulfide) groups is 1. The van der Waals surface area contributed by atoms with Crippen molar-refractivity contribution in [2.24, 2.45) is 4.99 Å². The van der Waals surface area contributed by atoms with Gasteiger partial charge in [0.05, 0.1) is 12.8 Å². The maximum Gasteiger partial charge on any atom is 0.191 e. The lowest BCUT2D eigenvalue weighted by molar-refractivity contribution is 0.507. The molecule has 0 amide bonds. The van der Waals surface area contributed by atoms with Crippen LogP contribution in [0.4, 0.5) is 0 Å². The second kappa shape index (κ2) is 13.8. The Morgan fingerprint density at radius 1 is 1.41 bits per heavy atom. The van der Waals surface area contributed by atoms with Gasteiger partial charge in [0, 0.05) is 31.0 Å². The molecule has 0 aliphatic carbocycles. The highest BCUT2D eigenvalue weighted by atomic mass is 127. The molecule has 0 aromatic carbocycles. The highest BCUT2D eigenvalue weighted by Crippen LogP contribution is 2.00. The van der Waals surface area contributed by atoms with Crippen molar-refractivity contribution in [2.75, 3.05) is 31.1 Å². The first-order chi connectivity index (χ1) is 10.2. The maximum absolute atomic E-state index is 5.31. The molecule has 0 saturated heterocycles. The van der Waals surface area contributed by atoms with E-state index in [2.05, 4.69) is 28.8 Å². The first-order valence-corrected chi connectivity index (χ1v) is 8.25. The van der Waals surface area contributed by atoms with Gasteiger partial charge in [0.25, 0.3) is 0 Å². The van der Waals surface area contributed by atoms with Gasteiger partial charge in [-0.05, 0) is 19.1 Å². The van der Waals surface area contributed by atoms with Gasteiger partial charge in [0.1, 0.15) is 5.76 Å². The quantitative estimate of drug-likeness (QED) is 0.194. The summed E-state index contributed by atoms with van der Waals surface area (Å²) in [5.41, 5.74) is 1.04. The zero-order valence-electron chi connectivity index (χ0n) is 13.1. The van der Waals surface area contributed by atoms with Gasteiger partial charge < -0.3 is 15.1 Å². The fraction of sp³-hybridized carbons (Fsp3) is 0.438. The molecule has 0 spiro atoms. The molecule has 4 nitrogen and oxygen atoms in total. The highest BCUT2D eigenvalue weighted by Gasteiger charge is 2.00. The molecule has 22 heavy (non-hydrogen) atoms. The van der Waals surface area contributed by atoms with Crippen LogP contribution in [-0.2, 0) is 6.42 Å². The average Bonchev–Trinajstić information content (AvgIpc) is 2.97. The zero-order valence-corrected chi connectivity index (χ0v) is 16.3. The number of furan rings is 1. The van der Waals surface area contributed by atoms with Gasteiger partial charge in [-0.25, -0.2) is 4.99 Å². The van der Waals surface area contributed by atoms with Crippen molar-refractivity contribution in [1.29, 1.82) is 0 Å². The van der Waals surface area contributed by atoms with E-state index in [1.54, 1.807) is 6.26 Å². The first kappa shape index (κ1) is 21.1. The third-order valence-corrected chi connectivity index (χ3v) is 3.49. The number of nitrogens with zero attached hydrogens (tertiary/aromatic N) is 1. The van der Waals surface area contributed by atoms with Crippen molar-refractivity contribution in [3.8, 4) is 0 Å². The molecule has 6 heteroatoms. The van der Waals surface area contributed by atoms with E-state index in [1.807, 2.05) is 36.9 Å². The molecule has 1 aromatic rings. The Labute approximate surface area is 154 Å². The fourth-order valence-corrected chi connectivity index (χ4v) is 2.14. The van der Waals surface area contributed by atoms with Gasteiger partial charge in [0.15, 0.2) is 5.96 Å². The molecule has 0 atom stereocenters. The monoisotopic (exact) mass is 435 g/mol. The topological polar surface area (TPSA) is 49.6 Å². The van der Waals surface area contributed by atoms with Crippen LogP contribution in [0.3, 0.4) is 0 Å². The molecule has 2 N–H and O–H groups in total. The number of guanidine groups is 1. The summed E-state index contributed by atoms with van der Waals surface area (Å²) >= 11 is 1.85. The molecule has 1 rings (SSSR count). The third-order valence-electron chi connectivity index (χ3n) is 2.53. The highest BCUT2D eigenvalue weighted by molar-refractivity contribution is 14.0. The number of rotatable bonds is 10. The number of hydrogen-bond acceptors (Lipinski definition) is 3. The second-order valence-electron chi connectivity index (χ2n) is 4.67. The summed E-state index contributed by atoms with van der Waals surface area (Å²) in [7, 11) is 0. The van der Waals surface area contributed by atoms with Crippen LogP contribution in [0, 0.1) is 0 Å². The maximum atomic E-state index is 5.31. The van der Waals surface area contributed by atoms with Crippen molar-refractivity contribution >= 4 is 41.7 Å². The predicted molar refractivity (Wildman–Crippen MR) is 108 cm³/mol. The van der Waals surface area contributed by atoms with Crippen LogP contribution in [0.5, 0.6) is 0 Å². The van der Waals surface area contributed by atoms with E-state index in [9.17, 15) is 0 Å². The molecule has 0 bridgehead atoms. The Bertz CT molecular complexity index is 446. The van der Waals surface area contributed by atoms with Crippen LogP contribution < -0.4 is 10.6 Å². The Kier molecular flexibility index (Phi) is 13.2. The number of nitrogens with one attached hydrogen (secondary N) is 2. The minimum absolute atomic E-state index is 0. The van der Waals surface area contributed by atoms with E-state index < -0.39 is 0 Å². The van der Waals surface area contributed by atoms with Crippen LogP contribution in [0.25, 0.3) is 0 Å². The molecule has 1 aromatic heterocycles. The molecule has 1 heterocycles. The van der Waals surface area contributed by atoms with Crippen molar-refractivity contribution in [1.82, 2.24) is 10.6 Å². The largest absolute Gasteiger partial charge is 0.469 e. The van der Waals surface area contributed by atoms with Gasteiger partial charge in [-0.3, -0.25) is 0 Å². The Hall–Kier alpha value is -0.890. The summed E-state index contributed by atoms with van der Waals surface area (Å²) in [5.74, 6) is 3.80. The molecule has 0 saturated carbocycles. The van der Waals surface area contributed by atoms with Gasteiger partial charge in [-0.2, -0.15) is 11.8 Å². The molecule has 124 valence electrons. The van der Waals surface area contributed by atoms with Crippen LogP contribution in [0.15, 0.2) is 52.6 Å². The molecule has 0 radical (unpaired) electrons. The van der Waals surface area contributed by atoms with Gasteiger partial charge in [-0.15, -0.1) is 30.6 Å². The Balaban J connectivity index is 0.00000441. The summed E-state index contributed by atoms with van der Waals surface area (Å²) < 4.78 is 5.31. The van der Waals surface area contributed by atoms with E-state index in [-0.39, 0.29) is 24.0 Å². The molecular weight excluding hydrogens is 409 g/mol. The smallest absolute Gasteiger partial charge is 0.191 e. The van der Waals surface area contributed by atoms with Crippen LogP contribution in [0.2, 0.25) is 0 Å². The SMILES string of the molecule is C=CCSCCNC(=NCC(=C)C)NCCc1ccco1.I. The number of halogens is 1. The van der Waals surface area contributed by atoms with Crippen LogP contribution >= 0.6 is 35.7 Å². The third kappa shape index (κ3) is 10.8. The van der Waals surface area contributed by atoms with Crippen molar-refractivity contribution < 1.29 is 4.42 Å². The lowest BCUT2D eigenvalue weighted by atomic mass is 10.3. The molecule has 0 aliphatic rings.